The molecule has 1 aromatic carbocycles. The van der Waals surface area contributed by atoms with Gasteiger partial charge in [0, 0.05) is 18.5 Å². The third-order valence-corrected chi connectivity index (χ3v) is 3.33. The molecule has 112 valence electrons. The Morgan fingerprint density at radius 1 is 1.24 bits per heavy atom. The smallest absolute Gasteiger partial charge is 0.243 e. The molecule has 2 amide bonds. The van der Waals surface area contributed by atoms with Gasteiger partial charge in [0.05, 0.1) is 6.21 Å². The molecule has 6 nitrogen and oxygen atoms in total. The molecule has 1 aliphatic heterocycles. The van der Waals surface area contributed by atoms with Crippen LogP contribution in [0.15, 0.2) is 29.4 Å². The van der Waals surface area contributed by atoms with E-state index in [2.05, 4.69) is 21.2 Å². The normalized spacial score (nSPS) is 15.9. The minimum atomic E-state index is -0.106. The number of carbonyl (C=O) groups is 2. The topological polar surface area (TPSA) is 82.6 Å². The fourth-order valence-electron chi connectivity index (χ4n) is 2.20. The first kappa shape index (κ1) is 15.2. The van der Waals surface area contributed by atoms with Crippen molar-refractivity contribution in [3.8, 4) is 0 Å². The van der Waals surface area contributed by atoms with E-state index < -0.39 is 0 Å². The number of hydrazone groups is 1. The van der Waals surface area contributed by atoms with Crippen LogP contribution in [0.4, 0.5) is 5.69 Å². The van der Waals surface area contributed by atoms with Crippen molar-refractivity contribution < 1.29 is 9.59 Å². The van der Waals surface area contributed by atoms with Crippen molar-refractivity contribution >= 4 is 23.7 Å². The van der Waals surface area contributed by atoms with Crippen LogP contribution in [0, 0.1) is 5.92 Å². The summed E-state index contributed by atoms with van der Waals surface area (Å²) in [5.41, 5.74) is 4.17. The molecule has 0 spiro atoms. The van der Waals surface area contributed by atoms with E-state index in [1.165, 1.54) is 6.92 Å². The van der Waals surface area contributed by atoms with Crippen LogP contribution >= 0.6 is 0 Å². The van der Waals surface area contributed by atoms with E-state index in [0.717, 1.165) is 37.2 Å². The molecule has 0 saturated carbocycles. The van der Waals surface area contributed by atoms with Crippen molar-refractivity contribution in [1.82, 2.24) is 10.7 Å². The molecule has 0 unspecified atom stereocenters. The Morgan fingerprint density at radius 2 is 1.90 bits per heavy atom. The van der Waals surface area contributed by atoms with Gasteiger partial charge in [-0.2, -0.15) is 5.10 Å². The SMILES string of the molecule is CC(=O)Nc1ccc(/C=N\NC(=O)C2CCNCC2)cc1. The summed E-state index contributed by atoms with van der Waals surface area (Å²) in [7, 11) is 0. The molecule has 0 aliphatic carbocycles. The fraction of sp³-hybridized carbons (Fsp3) is 0.400. The summed E-state index contributed by atoms with van der Waals surface area (Å²) < 4.78 is 0. The number of carbonyl (C=O) groups excluding carboxylic acids is 2. The predicted octanol–water partition coefficient (Wildman–Crippen LogP) is 1.09. The number of nitrogens with zero attached hydrogens (tertiary/aromatic N) is 1. The maximum Gasteiger partial charge on any atom is 0.243 e. The molecule has 1 saturated heterocycles. The van der Waals surface area contributed by atoms with Crippen LogP contribution in [-0.2, 0) is 9.59 Å². The van der Waals surface area contributed by atoms with Crippen molar-refractivity contribution in [3.05, 3.63) is 29.8 Å². The highest BCUT2D eigenvalue weighted by atomic mass is 16.2. The lowest BCUT2D eigenvalue weighted by atomic mass is 9.98. The number of hydrogen-bond donors (Lipinski definition) is 3. The average Bonchev–Trinajstić information content (AvgIpc) is 2.49. The fourth-order valence-corrected chi connectivity index (χ4v) is 2.20. The number of nitrogens with one attached hydrogen (secondary N) is 3. The summed E-state index contributed by atoms with van der Waals surface area (Å²) >= 11 is 0. The van der Waals surface area contributed by atoms with Gasteiger partial charge in [-0.25, -0.2) is 5.43 Å². The van der Waals surface area contributed by atoms with Crippen LogP contribution in [0.2, 0.25) is 0 Å². The monoisotopic (exact) mass is 288 g/mol. The van der Waals surface area contributed by atoms with E-state index in [0.29, 0.717) is 0 Å². The van der Waals surface area contributed by atoms with Crippen LogP contribution < -0.4 is 16.1 Å². The van der Waals surface area contributed by atoms with E-state index in [1.54, 1.807) is 18.3 Å². The zero-order valence-corrected chi connectivity index (χ0v) is 12.1. The van der Waals surface area contributed by atoms with Gasteiger partial charge in [-0.3, -0.25) is 9.59 Å². The summed E-state index contributed by atoms with van der Waals surface area (Å²) in [6.07, 6.45) is 3.30. The summed E-state index contributed by atoms with van der Waals surface area (Å²) in [6, 6.07) is 7.23. The lowest BCUT2D eigenvalue weighted by Gasteiger charge is -2.20. The van der Waals surface area contributed by atoms with Crippen molar-refractivity contribution in [2.75, 3.05) is 18.4 Å². The van der Waals surface area contributed by atoms with Gasteiger partial charge in [-0.05, 0) is 43.6 Å². The van der Waals surface area contributed by atoms with Crippen molar-refractivity contribution in [2.24, 2.45) is 11.0 Å². The predicted molar refractivity (Wildman–Crippen MR) is 82.1 cm³/mol. The summed E-state index contributed by atoms with van der Waals surface area (Å²) in [6.45, 7) is 3.23. The number of anilines is 1. The molecule has 6 heteroatoms. The molecule has 0 bridgehead atoms. The van der Waals surface area contributed by atoms with Gasteiger partial charge in [0.25, 0.3) is 0 Å². The molecule has 1 aromatic rings. The molecule has 3 N–H and O–H groups in total. The van der Waals surface area contributed by atoms with Crippen LogP contribution in [0.1, 0.15) is 25.3 Å². The highest BCUT2D eigenvalue weighted by molar-refractivity contribution is 5.89. The number of benzene rings is 1. The first-order chi connectivity index (χ1) is 10.1. The third kappa shape index (κ3) is 5.00. The Balaban J connectivity index is 1.83. The third-order valence-electron chi connectivity index (χ3n) is 3.33. The Labute approximate surface area is 124 Å². The standard InChI is InChI=1S/C15H20N4O2/c1-11(20)18-14-4-2-12(3-5-14)10-17-19-15(21)13-6-8-16-9-7-13/h2-5,10,13,16H,6-9H2,1H3,(H,18,20)(H,19,21)/b17-10-. The largest absolute Gasteiger partial charge is 0.326 e. The van der Waals surface area contributed by atoms with E-state index in [1.807, 2.05) is 12.1 Å². The van der Waals surface area contributed by atoms with Crippen molar-refractivity contribution in [3.63, 3.8) is 0 Å². The molecular weight excluding hydrogens is 268 g/mol. The van der Waals surface area contributed by atoms with Crippen LogP contribution in [0.5, 0.6) is 0 Å². The maximum atomic E-state index is 11.9. The Morgan fingerprint density at radius 3 is 2.52 bits per heavy atom. The van der Waals surface area contributed by atoms with E-state index in [-0.39, 0.29) is 17.7 Å². The maximum absolute atomic E-state index is 11.9. The molecular formula is C15H20N4O2. The minimum Gasteiger partial charge on any atom is -0.326 e. The number of rotatable bonds is 4. The first-order valence-electron chi connectivity index (χ1n) is 7.06. The molecule has 0 atom stereocenters. The lowest BCUT2D eigenvalue weighted by molar-refractivity contribution is -0.125. The van der Waals surface area contributed by atoms with Gasteiger partial charge in [0.2, 0.25) is 11.8 Å². The zero-order chi connectivity index (χ0) is 15.1. The highest BCUT2D eigenvalue weighted by Gasteiger charge is 2.20. The van der Waals surface area contributed by atoms with Crippen LogP contribution in [0.25, 0.3) is 0 Å². The Hall–Kier alpha value is -2.21. The molecule has 21 heavy (non-hydrogen) atoms. The molecule has 0 radical (unpaired) electrons. The van der Waals surface area contributed by atoms with Gasteiger partial charge >= 0.3 is 0 Å². The van der Waals surface area contributed by atoms with Crippen molar-refractivity contribution in [1.29, 1.82) is 0 Å². The van der Waals surface area contributed by atoms with E-state index >= 15 is 0 Å². The second-order valence-electron chi connectivity index (χ2n) is 5.06. The molecule has 1 aliphatic rings. The number of amides is 2. The number of hydrogen-bond acceptors (Lipinski definition) is 4. The highest BCUT2D eigenvalue weighted by Crippen LogP contribution is 2.11. The molecule has 1 heterocycles. The van der Waals surface area contributed by atoms with E-state index in [4.69, 9.17) is 0 Å². The van der Waals surface area contributed by atoms with Gasteiger partial charge in [-0.1, -0.05) is 12.1 Å². The average molecular weight is 288 g/mol. The van der Waals surface area contributed by atoms with Gasteiger partial charge in [-0.15, -0.1) is 0 Å². The Bertz CT molecular complexity index is 519. The quantitative estimate of drug-likeness (QED) is 0.573. The van der Waals surface area contributed by atoms with Gasteiger partial charge in [0.15, 0.2) is 0 Å². The second-order valence-corrected chi connectivity index (χ2v) is 5.06. The van der Waals surface area contributed by atoms with Crippen molar-refractivity contribution in [2.45, 2.75) is 19.8 Å². The van der Waals surface area contributed by atoms with Crippen LogP contribution in [-0.4, -0.2) is 31.1 Å². The van der Waals surface area contributed by atoms with E-state index in [9.17, 15) is 9.59 Å². The molecule has 0 aromatic heterocycles. The number of piperidine rings is 1. The summed E-state index contributed by atoms with van der Waals surface area (Å²) in [4.78, 5) is 22.8. The van der Waals surface area contributed by atoms with Gasteiger partial charge < -0.3 is 10.6 Å². The lowest BCUT2D eigenvalue weighted by Crippen LogP contribution is -2.36. The molecule has 2 rings (SSSR count). The van der Waals surface area contributed by atoms with Gasteiger partial charge in [0.1, 0.15) is 0 Å². The summed E-state index contributed by atoms with van der Waals surface area (Å²) in [5.74, 6) is -0.0844. The second kappa shape index (κ2) is 7.54. The van der Waals surface area contributed by atoms with Crippen LogP contribution in [0.3, 0.4) is 0 Å². The zero-order valence-electron chi connectivity index (χ0n) is 12.1. The molecule has 1 fully saturated rings. The minimum absolute atomic E-state index is 0.0254. The Kier molecular flexibility index (Phi) is 5.45. The summed E-state index contributed by atoms with van der Waals surface area (Å²) in [5, 5.41) is 9.89. The first-order valence-corrected chi connectivity index (χ1v) is 7.06.